The molecular weight excluding hydrogens is 312 g/mol. The molecule has 2 aliphatic rings. The van der Waals surface area contributed by atoms with Crippen molar-refractivity contribution in [1.82, 2.24) is 0 Å². The summed E-state index contributed by atoms with van der Waals surface area (Å²) in [6.07, 6.45) is 5.89. The maximum absolute atomic E-state index is 2.50. The van der Waals surface area contributed by atoms with E-state index in [4.69, 9.17) is 0 Å². The summed E-state index contributed by atoms with van der Waals surface area (Å²) in [6, 6.07) is 0. The van der Waals surface area contributed by atoms with E-state index >= 15 is 0 Å². The molecule has 2 rings (SSSR count). The summed E-state index contributed by atoms with van der Waals surface area (Å²) in [5.41, 5.74) is 1.73. The van der Waals surface area contributed by atoms with Gasteiger partial charge in [-0.2, -0.15) is 0 Å². The smallest absolute Gasteiger partial charge is 0.0329 e. The third kappa shape index (κ3) is 4.70. The lowest BCUT2D eigenvalue weighted by molar-refractivity contribution is -0.0852. The van der Waals surface area contributed by atoms with Gasteiger partial charge in [0, 0.05) is 0 Å². The number of rotatable bonds is 0. The van der Waals surface area contributed by atoms with Gasteiger partial charge in [0.25, 0.3) is 0 Å². The molecular formula is C26H50. The van der Waals surface area contributed by atoms with Gasteiger partial charge in [0.05, 0.1) is 0 Å². The Balaban J connectivity index is 2.35. The number of fused-ring (bicyclic) bond motifs is 1. The molecule has 4 atom stereocenters. The van der Waals surface area contributed by atoms with Crippen LogP contribution in [0.15, 0.2) is 0 Å². The average molecular weight is 363 g/mol. The lowest BCUT2D eigenvalue weighted by Crippen LogP contribution is -2.50. The monoisotopic (exact) mass is 362 g/mol. The molecule has 0 nitrogen and oxygen atoms in total. The minimum atomic E-state index is 0.432. The topological polar surface area (TPSA) is 0 Å². The van der Waals surface area contributed by atoms with Crippen molar-refractivity contribution in [3.63, 3.8) is 0 Å². The third-order valence-corrected chi connectivity index (χ3v) is 8.31. The molecule has 2 fully saturated rings. The van der Waals surface area contributed by atoms with Gasteiger partial charge < -0.3 is 0 Å². The Morgan fingerprint density at radius 3 is 0.615 bits per heavy atom. The summed E-state index contributed by atoms with van der Waals surface area (Å²) < 4.78 is 0. The van der Waals surface area contributed by atoms with Crippen LogP contribution >= 0.6 is 0 Å². The molecule has 0 aliphatic heterocycles. The highest BCUT2D eigenvalue weighted by Gasteiger charge is 2.52. The van der Waals surface area contributed by atoms with Crippen molar-refractivity contribution in [2.75, 3.05) is 0 Å². The molecule has 26 heavy (non-hydrogen) atoms. The summed E-state index contributed by atoms with van der Waals surface area (Å²) in [6.45, 7) is 30.0. The largest absolute Gasteiger partial charge is 0.0599 e. The molecule has 2 aliphatic carbocycles. The normalized spacial score (nSPS) is 37.4. The Morgan fingerprint density at radius 1 is 0.346 bits per heavy atom. The number of hydrogen-bond acceptors (Lipinski definition) is 0. The second-order valence-corrected chi connectivity index (χ2v) is 14.4. The highest BCUT2D eigenvalue weighted by atomic mass is 14.6. The van der Waals surface area contributed by atoms with E-state index in [1.54, 1.807) is 0 Å². The van der Waals surface area contributed by atoms with E-state index in [0.717, 1.165) is 35.5 Å². The van der Waals surface area contributed by atoms with E-state index in [1.807, 2.05) is 0 Å². The van der Waals surface area contributed by atoms with E-state index in [9.17, 15) is 0 Å². The van der Waals surface area contributed by atoms with E-state index in [-0.39, 0.29) is 0 Å². The molecule has 4 unspecified atom stereocenters. The minimum absolute atomic E-state index is 0.432. The minimum Gasteiger partial charge on any atom is -0.0599 e. The van der Waals surface area contributed by atoms with E-state index in [0.29, 0.717) is 21.7 Å². The van der Waals surface area contributed by atoms with Crippen molar-refractivity contribution in [1.29, 1.82) is 0 Å². The molecule has 2 saturated carbocycles. The van der Waals surface area contributed by atoms with E-state index in [2.05, 4.69) is 83.1 Å². The first-order valence-electron chi connectivity index (χ1n) is 11.4. The third-order valence-electron chi connectivity index (χ3n) is 8.31. The summed E-state index contributed by atoms with van der Waals surface area (Å²) in [5, 5.41) is 0. The van der Waals surface area contributed by atoms with Gasteiger partial charge in [0.2, 0.25) is 0 Å². The second kappa shape index (κ2) is 6.81. The quantitative estimate of drug-likeness (QED) is 0.405. The zero-order valence-electron chi connectivity index (χ0n) is 20.3. The highest BCUT2D eigenvalue weighted by Crippen LogP contribution is 2.60. The molecule has 0 N–H and O–H groups in total. The zero-order chi connectivity index (χ0) is 20.3. The average Bonchev–Trinajstić information content (AvgIpc) is 2.40. The predicted molar refractivity (Wildman–Crippen MR) is 117 cm³/mol. The fraction of sp³-hybridized carbons (Fsp3) is 1.00. The Hall–Kier alpha value is 0. The van der Waals surface area contributed by atoms with Crippen molar-refractivity contribution in [2.45, 2.75) is 109 Å². The summed E-state index contributed by atoms with van der Waals surface area (Å²) >= 11 is 0. The van der Waals surface area contributed by atoms with Gasteiger partial charge >= 0.3 is 0 Å². The molecule has 0 heteroatoms. The Bertz CT molecular complexity index is 380. The summed E-state index contributed by atoms with van der Waals surface area (Å²) in [7, 11) is 0. The number of hydrogen-bond donors (Lipinski definition) is 0. The lowest BCUT2D eigenvalue weighted by atomic mass is 9.47. The van der Waals surface area contributed by atoms with Gasteiger partial charge in [-0.25, -0.2) is 0 Å². The first-order chi connectivity index (χ1) is 11.4. The first kappa shape index (κ1) is 22.3. The van der Waals surface area contributed by atoms with Crippen LogP contribution in [0, 0.1) is 57.2 Å². The fourth-order valence-electron chi connectivity index (χ4n) is 6.75. The standard InChI is InChI=1S/C26H50/c1-23(2,3)19-13-17-15-21(25(7,8)9)22(26(10,11)12)16-18(17)14-20(19)24(4,5)6/h17-22H,13-16H2,1-12H3. The van der Waals surface area contributed by atoms with Gasteiger partial charge in [-0.15, -0.1) is 0 Å². The van der Waals surface area contributed by atoms with Crippen molar-refractivity contribution in [2.24, 2.45) is 57.2 Å². The van der Waals surface area contributed by atoms with E-state index in [1.165, 1.54) is 25.7 Å². The SMILES string of the molecule is CC(C)(C)C1CC2CC(C(C)(C)C)C(C(C)(C)C)CC2CC1C(C)(C)C. The van der Waals surface area contributed by atoms with Crippen LogP contribution in [0.5, 0.6) is 0 Å². The van der Waals surface area contributed by atoms with E-state index < -0.39 is 0 Å². The van der Waals surface area contributed by atoms with Crippen molar-refractivity contribution in [3.05, 3.63) is 0 Å². The lowest BCUT2D eigenvalue weighted by Gasteiger charge is -2.58. The molecule has 0 bridgehead atoms. The maximum Gasteiger partial charge on any atom is -0.0329 e. The van der Waals surface area contributed by atoms with Gasteiger partial charge in [0.1, 0.15) is 0 Å². The van der Waals surface area contributed by atoms with Gasteiger partial charge in [0.15, 0.2) is 0 Å². The summed E-state index contributed by atoms with van der Waals surface area (Å²) in [4.78, 5) is 0. The van der Waals surface area contributed by atoms with Crippen LogP contribution in [0.3, 0.4) is 0 Å². The molecule has 0 radical (unpaired) electrons. The van der Waals surface area contributed by atoms with Crippen LogP contribution in [-0.2, 0) is 0 Å². The van der Waals surface area contributed by atoms with Crippen LogP contribution in [0.25, 0.3) is 0 Å². The van der Waals surface area contributed by atoms with Crippen LogP contribution < -0.4 is 0 Å². The molecule has 0 aromatic carbocycles. The maximum atomic E-state index is 2.50. The highest BCUT2D eigenvalue weighted by molar-refractivity contribution is 5.01. The summed E-state index contributed by atoms with van der Waals surface area (Å²) in [5.74, 6) is 5.40. The molecule has 0 saturated heterocycles. The van der Waals surface area contributed by atoms with Crippen LogP contribution in [-0.4, -0.2) is 0 Å². The molecule has 0 heterocycles. The molecule has 0 aromatic heterocycles. The van der Waals surface area contributed by atoms with Gasteiger partial charge in [-0.3, -0.25) is 0 Å². The Morgan fingerprint density at radius 2 is 0.500 bits per heavy atom. The predicted octanol–water partition coefficient (Wildman–Crippen LogP) is 8.46. The van der Waals surface area contributed by atoms with Crippen molar-refractivity contribution in [3.8, 4) is 0 Å². The molecule has 0 spiro atoms. The van der Waals surface area contributed by atoms with Crippen LogP contribution in [0.4, 0.5) is 0 Å². The fourth-order valence-corrected chi connectivity index (χ4v) is 6.75. The first-order valence-corrected chi connectivity index (χ1v) is 11.4. The second-order valence-electron chi connectivity index (χ2n) is 14.4. The molecule has 0 aromatic rings. The zero-order valence-corrected chi connectivity index (χ0v) is 20.3. The van der Waals surface area contributed by atoms with Gasteiger partial charge in [-0.05, 0) is 82.9 Å². The van der Waals surface area contributed by atoms with Crippen LogP contribution in [0.2, 0.25) is 0 Å². The Kier molecular flexibility index (Phi) is 5.83. The Labute approximate surface area is 166 Å². The van der Waals surface area contributed by atoms with Crippen molar-refractivity contribution >= 4 is 0 Å². The molecule has 0 amide bonds. The van der Waals surface area contributed by atoms with Crippen molar-refractivity contribution < 1.29 is 0 Å². The van der Waals surface area contributed by atoms with Crippen LogP contribution in [0.1, 0.15) is 109 Å². The van der Waals surface area contributed by atoms with Gasteiger partial charge in [-0.1, -0.05) is 83.1 Å². The molecule has 154 valence electrons.